The van der Waals surface area contributed by atoms with Crippen LogP contribution in [0.3, 0.4) is 0 Å². The second kappa shape index (κ2) is 8.36. The minimum Gasteiger partial charge on any atom is -0.403 e. The Kier molecular flexibility index (Phi) is 5.92. The highest BCUT2D eigenvalue weighted by Gasteiger charge is 2.17. The third-order valence-corrected chi connectivity index (χ3v) is 6.18. The zero-order valence-corrected chi connectivity index (χ0v) is 16.1. The van der Waals surface area contributed by atoms with Gasteiger partial charge in [0.25, 0.3) is 0 Å². The fraction of sp³-hybridized carbons (Fsp3) is 0.167. The molecule has 1 aromatic heterocycles. The van der Waals surface area contributed by atoms with Gasteiger partial charge < -0.3 is 4.42 Å². The van der Waals surface area contributed by atoms with Crippen LogP contribution >= 0.6 is 11.8 Å². The van der Waals surface area contributed by atoms with Crippen LogP contribution in [-0.4, -0.2) is 36.5 Å². The van der Waals surface area contributed by atoms with E-state index in [1.54, 1.807) is 30.0 Å². The highest BCUT2D eigenvalue weighted by atomic mass is 32.2. The molecule has 0 fully saturated rings. The van der Waals surface area contributed by atoms with E-state index in [-0.39, 0.29) is 29.0 Å². The molecule has 0 saturated carbocycles. The quantitative estimate of drug-likeness (QED) is 0.604. The van der Waals surface area contributed by atoms with E-state index < -0.39 is 15.7 Å². The maximum atomic E-state index is 12.2. The van der Waals surface area contributed by atoms with Crippen LogP contribution in [0.5, 0.6) is 0 Å². The predicted octanol–water partition coefficient (Wildman–Crippen LogP) is 3.26. The summed E-state index contributed by atoms with van der Waals surface area (Å²) in [6, 6.07) is 15.5. The van der Waals surface area contributed by atoms with Crippen molar-refractivity contribution in [2.45, 2.75) is 16.2 Å². The molecule has 0 aliphatic heterocycles. The number of hydrogen-bond donors (Lipinski definition) is 1. The van der Waals surface area contributed by atoms with Gasteiger partial charge in [0.05, 0.1) is 10.6 Å². The second-order valence-corrected chi connectivity index (χ2v) is 8.56. The summed E-state index contributed by atoms with van der Waals surface area (Å²) in [4.78, 5) is 13.3. The van der Waals surface area contributed by atoms with E-state index in [0.29, 0.717) is 0 Å². The molecule has 3 aromatic rings. The van der Waals surface area contributed by atoms with Crippen LogP contribution in [0.15, 0.2) is 68.8 Å². The Bertz CT molecular complexity index is 1020. The van der Waals surface area contributed by atoms with Crippen LogP contribution in [0.25, 0.3) is 11.5 Å². The summed E-state index contributed by atoms with van der Waals surface area (Å²) >= 11 is 1.62. The van der Waals surface area contributed by atoms with Gasteiger partial charge in [0.15, 0.2) is 9.84 Å². The number of aromatic nitrogens is 2. The van der Waals surface area contributed by atoms with Crippen molar-refractivity contribution in [1.29, 1.82) is 0 Å². The van der Waals surface area contributed by atoms with E-state index in [0.717, 1.165) is 10.5 Å². The van der Waals surface area contributed by atoms with Gasteiger partial charge in [-0.2, -0.15) is 0 Å². The first-order valence-corrected chi connectivity index (χ1v) is 10.9. The Morgan fingerprint density at radius 2 is 1.78 bits per heavy atom. The molecule has 1 heterocycles. The lowest BCUT2D eigenvalue weighted by atomic mass is 10.2. The topological polar surface area (TPSA) is 102 Å². The Morgan fingerprint density at radius 3 is 2.44 bits per heavy atom. The summed E-state index contributed by atoms with van der Waals surface area (Å²) in [5.74, 6) is -0.544. The van der Waals surface area contributed by atoms with E-state index >= 15 is 0 Å². The van der Waals surface area contributed by atoms with Crippen molar-refractivity contribution in [3.63, 3.8) is 0 Å². The smallest absolute Gasteiger partial charge is 0.322 e. The van der Waals surface area contributed by atoms with E-state index in [4.69, 9.17) is 4.42 Å². The van der Waals surface area contributed by atoms with Crippen molar-refractivity contribution in [2.24, 2.45) is 0 Å². The predicted molar refractivity (Wildman–Crippen MR) is 103 cm³/mol. The highest BCUT2D eigenvalue weighted by molar-refractivity contribution is 7.98. The molecule has 140 valence electrons. The van der Waals surface area contributed by atoms with Gasteiger partial charge in [0.1, 0.15) is 0 Å². The molecule has 0 radical (unpaired) electrons. The number of hydrogen-bond acceptors (Lipinski definition) is 7. The summed E-state index contributed by atoms with van der Waals surface area (Å²) in [7, 11) is -3.52. The van der Waals surface area contributed by atoms with Gasteiger partial charge in [-0.15, -0.1) is 16.9 Å². The molecular weight excluding hydrogens is 386 g/mol. The average Bonchev–Trinajstić information content (AvgIpc) is 3.15. The average molecular weight is 403 g/mol. The fourth-order valence-electron chi connectivity index (χ4n) is 2.28. The molecule has 1 N–H and O–H groups in total. The normalized spacial score (nSPS) is 11.3. The summed E-state index contributed by atoms with van der Waals surface area (Å²) in [5.41, 5.74) is 0.729. The fourth-order valence-corrected chi connectivity index (χ4v) is 3.95. The summed E-state index contributed by atoms with van der Waals surface area (Å²) in [5, 5.41) is 10.1. The lowest BCUT2D eigenvalue weighted by Gasteiger charge is -2.04. The van der Waals surface area contributed by atoms with Gasteiger partial charge in [-0.25, -0.2) is 8.42 Å². The van der Waals surface area contributed by atoms with Crippen LogP contribution in [0.1, 0.15) is 6.42 Å². The van der Waals surface area contributed by atoms with E-state index in [2.05, 4.69) is 15.5 Å². The lowest BCUT2D eigenvalue weighted by Crippen LogP contribution is -2.17. The van der Waals surface area contributed by atoms with Gasteiger partial charge in [-0.05, 0) is 42.7 Å². The van der Waals surface area contributed by atoms with Gasteiger partial charge in [-0.3, -0.25) is 10.1 Å². The molecule has 0 atom stereocenters. The monoisotopic (exact) mass is 403 g/mol. The van der Waals surface area contributed by atoms with Gasteiger partial charge in [-0.1, -0.05) is 23.3 Å². The Hall–Kier alpha value is -2.65. The first kappa shape index (κ1) is 19.1. The summed E-state index contributed by atoms with van der Waals surface area (Å²) in [6.45, 7) is 0. The van der Waals surface area contributed by atoms with Crippen LogP contribution in [0.4, 0.5) is 6.01 Å². The van der Waals surface area contributed by atoms with E-state index in [9.17, 15) is 13.2 Å². The third-order valence-electron chi connectivity index (χ3n) is 3.71. The molecule has 0 aliphatic rings. The molecule has 2 aromatic carbocycles. The minimum absolute atomic E-state index is 0.0685. The molecule has 0 aliphatic carbocycles. The van der Waals surface area contributed by atoms with E-state index in [1.807, 2.05) is 30.5 Å². The van der Waals surface area contributed by atoms with Crippen LogP contribution in [-0.2, 0) is 14.6 Å². The van der Waals surface area contributed by atoms with E-state index in [1.165, 1.54) is 12.1 Å². The zero-order valence-electron chi connectivity index (χ0n) is 14.5. The van der Waals surface area contributed by atoms with Crippen molar-refractivity contribution in [3.8, 4) is 11.5 Å². The van der Waals surface area contributed by atoms with Crippen molar-refractivity contribution in [1.82, 2.24) is 10.2 Å². The standard InChI is InChI=1S/C18H17N3O4S2/c1-26-14-9-7-13(8-10-14)17-20-21-18(25-17)19-16(22)11-12-27(23,24)15-5-3-2-4-6-15/h2-10H,11-12H2,1H3,(H,19,21,22). The number of nitrogens with zero attached hydrogens (tertiary/aromatic N) is 2. The molecular formula is C18H17N3O4S2. The molecule has 7 nitrogen and oxygen atoms in total. The zero-order chi connectivity index (χ0) is 19.3. The Balaban J connectivity index is 1.59. The van der Waals surface area contributed by atoms with Gasteiger partial charge in [0.2, 0.25) is 11.8 Å². The van der Waals surface area contributed by atoms with Crippen molar-refractivity contribution < 1.29 is 17.6 Å². The van der Waals surface area contributed by atoms with Crippen LogP contribution in [0.2, 0.25) is 0 Å². The molecule has 0 spiro atoms. The molecule has 0 saturated heterocycles. The van der Waals surface area contributed by atoms with Crippen LogP contribution in [0, 0.1) is 0 Å². The number of benzene rings is 2. The lowest BCUT2D eigenvalue weighted by molar-refractivity contribution is -0.115. The number of nitrogens with one attached hydrogen (secondary N) is 1. The summed E-state index contributed by atoms with van der Waals surface area (Å²) in [6.07, 6.45) is 1.77. The molecule has 0 bridgehead atoms. The highest BCUT2D eigenvalue weighted by Crippen LogP contribution is 2.23. The maximum absolute atomic E-state index is 12.2. The molecule has 3 rings (SSSR count). The maximum Gasteiger partial charge on any atom is 0.322 e. The molecule has 9 heteroatoms. The molecule has 1 amide bonds. The van der Waals surface area contributed by atoms with Crippen molar-refractivity contribution in [3.05, 3.63) is 54.6 Å². The first-order valence-electron chi connectivity index (χ1n) is 8.03. The number of thioether (sulfide) groups is 1. The Labute approximate surface area is 161 Å². The largest absolute Gasteiger partial charge is 0.403 e. The number of sulfone groups is 1. The molecule has 27 heavy (non-hydrogen) atoms. The van der Waals surface area contributed by atoms with Gasteiger partial charge >= 0.3 is 6.01 Å². The second-order valence-electron chi connectivity index (χ2n) is 5.57. The number of anilines is 1. The molecule has 0 unspecified atom stereocenters. The number of amides is 1. The Morgan fingerprint density at radius 1 is 1.07 bits per heavy atom. The minimum atomic E-state index is -3.52. The van der Waals surface area contributed by atoms with Gasteiger partial charge in [0, 0.05) is 16.9 Å². The van der Waals surface area contributed by atoms with Crippen molar-refractivity contribution >= 4 is 33.5 Å². The number of carbonyl (C=O) groups excluding carboxylic acids is 1. The summed E-state index contributed by atoms with van der Waals surface area (Å²) < 4.78 is 29.8. The number of carbonyl (C=O) groups is 1. The number of rotatable bonds is 7. The van der Waals surface area contributed by atoms with Crippen molar-refractivity contribution in [2.75, 3.05) is 17.3 Å². The third kappa shape index (κ3) is 4.95. The SMILES string of the molecule is CSc1ccc(-c2nnc(NC(=O)CCS(=O)(=O)c3ccccc3)o2)cc1. The van der Waals surface area contributed by atoms with Crippen LogP contribution < -0.4 is 5.32 Å². The first-order chi connectivity index (χ1) is 13.0.